The second-order valence-electron chi connectivity index (χ2n) is 8.92. The number of rotatable bonds is 4. The molecule has 2 aliphatic rings. The third-order valence-corrected chi connectivity index (χ3v) is 6.40. The van der Waals surface area contributed by atoms with Gasteiger partial charge in [0.05, 0.1) is 18.6 Å². The quantitative estimate of drug-likeness (QED) is 0.420. The summed E-state index contributed by atoms with van der Waals surface area (Å²) >= 11 is 0. The Hall–Kier alpha value is -4.04. The van der Waals surface area contributed by atoms with Crippen LogP contribution in [0, 0.1) is 0 Å². The summed E-state index contributed by atoms with van der Waals surface area (Å²) < 4.78 is 11.8. The second-order valence-corrected chi connectivity index (χ2v) is 8.92. The number of furan rings is 1. The Morgan fingerprint density at radius 3 is 2.86 bits per heavy atom. The molecule has 0 bridgehead atoms. The normalized spacial score (nSPS) is 15.4. The van der Waals surface area contributed by atoms with E-state index >= 15 is 0 Å². The van der Waals surface area contributed by atoms with Crippen LogP contribution in [0.2, 0.25) is 0 Å². The molecule has 1 aliphatic carbocycles. The minimum absolute atomic E-state index is 0.0904. The molecule has 3 aromatic heterocycles. The standard InChI is InChI=1S/C27H25N5O3/c1-31(2)22(33)10-9-17-15-21-23-24(35-27(21)28-16-17)26(32-11-13-34-14-12-32)30-25(29-23)20-8-4-6-18-5-3-7-19(18)20/h3-4,6-10,15-16H,5,11-14H2,1-2H3/b10-9+. The predicted octanol–water partition coefficient (Wildman–Crippen LogP) is 3.95. The molecule has 1 fully saturated rings. The molecule has 0 atom stereocenters. The molecule has 8 nitrogen and oxygen atoms in total. The highest BCUT2D eigenvalue weighted by molar-refractivity contribution is 6.06. The molecule has 35 heavy (non-hydrogen) atoms. The summed E-state index contributed by atoms with van der Waals surface area (Å²) in [5.41, 5.74) is 6.07. The number of ether oxygens (including phenoxy) is 1. The molecule has 0 radical (unpaired) electrons. The van der Waals surface area contributed by atoms with Crippen molar-refractivity contribution in [1.82, 2.24) is 19.9 Å². The van der Waals surface area contributed by atoms with E-state index in [9.17, 15) is 4.79 Å². The molecule has 8 heteroatoms. The monoisotopic (exact) mass is 467 g/mol. The third-order valence-electron chi connectivity index (χ3n) is 6.40. The maximum absolute atomic E-state index is 12.0. The summed E-state index contributed by atoms with van der Waals surface area (Å²) in [5.74, 6) is 1.33. The van der Waals surface area contributed by atoms with Gasteiger partial charge in [-0.1, -0.05) is 30.4 Å². The van der Waals surface area contributed by atoms with Gasteiger partial charge in [-0.3, -0.25) is 4.79 Å². The number of carbonyl (C=O) groups is 1. The molecule has 6 rings (SSSR count). The summed E-state index contributed by atoms with van der Waals surface area (Å²) in [5, 5.41) is 0.792. The molecule has 0 N–H and O–H groups in total. The van der Waals surface area contributed by atoms with Crippen molar-refractivity contribution in [2.45, 2.75) is 6.42 Å². The summed E-state index contributed by atoms with van der Waals surface area (Å²) in [6.07, 6.45) is 10.2. The molecule has 1 amide bonds. The Morgan fingerprint density at radius 1 is 1.17 bits per heavy atom. The fourth-order valence-corrected chi connectivity index (χ4v) is 4.54. The van der Waals surface area contributed by atoms with Crippen molar-refractivity contribution in [3.8, 4) is 11.4 Å². The number of likely N-dealkylation sites (N-methyl/N-ethyl adjacent to an activating group) is 1. The van der Waals surface area contributed by atoms with Crippen molar-refractivity contribution in [3.05, 3.63) is 59.3 Å². The number of fused-ring (bicyclic) bond motifs is 4. The number of hydrogen-bond donors (Lipinski definition) is 0. The number of anilines is 1. The molecule has 4 aromatic rings. The van der Waals surface area contributed by atoms with E-state index in [0.717, 1.165) is 47.4 Å². The first-order chi connectivity index (χ1) is 17.1. The summed E-state index contributed by atoms with van der Waals surface area (Å²) in [4.78, 5) is 30.3. The number of benzene rings is 1. The summed E-state index contributed by atoms with van der Waals surface area (Å²) in [6.45, 7) is 2.72. The molecule has 0 saturated carbocycles. The van der Waals surface area contributed by atoms with E-state index in [1.54, 1.807) is 26.4 Å². The van der Waals surface area contributed by atoms with Crippen LogP contribution >= 0.6 is 0 Å². The van der Waals surface area contributed by atoms with Crippen LogP contribution in [0.4, 0.5) is 5.82 Å². The van der Waals surface area contributed by atoms with Crippen LogP contribution in [0.5, 0.6) is 0 Å². The molecule has 0 spiro atoms. The molecule has 1 saturated heterocycles. The molecular formula is C27H25N5O3. The third kappa shape index (κ3) is 3.85. The van der Waals surface area contributed by atoms with Crippen LogP contribution in [0.15, 0.2) is 47.0 Å². The fourth-order valence-electron chi connectivity index (χ4n) is 4.54. The Morgan fingerprint density at radius 2 is 2.03 bits per heavy atom. The Balaban J connectivity index is 1.55. The lowest BCUT2D eigenvalue weighted by Gasteiger charge is -2.27. The van der Waals surface area contributed by atoms with Gasteiger partial charge in [0.2, 0.25) is 11.6 Å². The van der Waals surface area contributed by atoms with Gasteiger partial charge in [0.1, 0.15) is 5.52 Å². The number of hydrogen-bond acceptors (Lipinski definition) is 7. The van der Waals surface area contributed by atoms with Crippen molar-refractivity contribution in [2.75, 3.05) is 45.3 Å². The van der Waals surface area contributed by atoms with Gasteiger partial charge in [0.15, 0.2) is 17.2 Å². The van der Waals surface area contributed by atoms with Crippen LogP contribution in [-0.4, -0.2) is 66.2 Å². The Bertz CT molecular complexity index is 1510. The smallest absolute Gasteiger partial charge is 0.246 e. The summed E-state index contributed by atoms with van der Waals surface area (Å²) in [7, 11) is 3.44. The SMILES string of the molecule is CN(C)C(=O)/C=C/c1cnc2oc3c(N4CCOCC4)nc(-c4cccc5c4C=CC5)nc3c2c1. The number of amides is 1. The van der Waals surface area contributed by atoms with Gasteiger partial charge in [-0.25, -0.2) is 15.0 Å². The fraction of sp³-hybridized carbons (Fsp3) is 0.259. The van der Waals surface area contributed by atoms with Crippen molar-refractivity contribution in [1.29, 1.82) is 0 Å². The average molecular weight is 468 g/mol. The van der Waals surface area contributed by atoms with E-state index in [2.05, 4.69) is 40.2 Å². The zero-order valence-corrected chi connectivity index (χ0v) is 19.7. The van der Waals surface area contributed by atoms with Gasteiger partial charge >= 0.3 is 0 Å². The molecular weight excluding hydrogens is 442 g/mol. The zero-order valence-electron chi connectivity index (χ0n) is 19.7. The van der Waals surface area contributed by atoms with Crippen LogP contribution in [0.25, 0.3) is 45.7 Å². The number of carbonyl (C=O) groups excluding carboxylic acids is 1. The van der Waals surface area contributed by atoms with E-state index in [4.69, 9.17) is 19.1 Å². The largest absolute Gasteiger partial charge is 0.432 e. The topological polar surface area (TPSA) is 84.6 Å². The average Bonchev–Trinajstić information content (AvgIpc) is 3.51. The van der Waals surface area contributed by atoms with Gasteiger partial charge in [0.25, 0.3) is 0 Å². The molecule has 0 unspecified atom stereocenters. The van der Waals surface area contributed by atoms with E-state index in [0.29, 0.717) is 35.9 Å². The molecule has 176 valence electrons. The van der Waals surface area contributed by atoms with Gasteiger partial charge in [0, 0.05) is 45.0 Å². The number of allylic oxidation sites excluding steroid dienone is 1. The highest BCUT2D eigenvalue weighted by atomic mass is 16.5. The van der Waals surface area contributed by atoms with Crippen molar-refractivity contribution >= 4 is 46.1 Å². The van der Waals surface area contributed by atoms with Crippen molar-refractivity contribution in [3.63, 3.8) is 0 Å². The first-order valence-corrected chi connectivity index (χ1v) is 11.7. The van der Waals surface area contributed by atoms with Gasteiger partial charge in [-0.05, 0) is 35.3 Å². The minimum Gasteiger partial charge on any atom is -0.432 e. The minimum atomic E-state index is -0.0904. The number of pyridine rings is 1. The van der Waals surface area contributed by atoms with Gasteiger partial charge in [-0.15, -0.1) is 0 Å². The zero-order chi connectivity index (χ0) is 23.9. The van der Waals surface area contributed by atoms with Gasteiger partial charge in [-0.2, -0.15) is 0 Å². The second kappa shape index (κ2) is 8.63. The first kappa shape index (κ1) is 21.5. The highest BCUT2D eigenvalue weighted by Gasteiger charge is 2.24. The molecule has 1 aliphatic heterocycles. The van der Waals surface area contributed by atoms with Gasteiger partial charge < -0.3 is 19.0 Å². The lowest BCUT2D eigenvalue weighted by atomic mass is 10.0. The van der Waals surface area contributed by atoms with E-state index in [-0.39, 0.29) is 5.91 Å². The lowest BCUT2D eigenvalue weighted by Crippen LogP contribution is -2.37. The van der Waals surface area contributed by atoms with Crippen LogP contribution in [-0.2, 0) is 16.0 Å². The first-order valence-electron chi connectivity index (χ1n) is 11.7. The Kier molecular flexibility index (Phi) is 5.30. The predicted molar refractivity (Wildman–Crippen MR) is 136 cm³/mol. The van der Waals surface area contributed by atoms with Crippen LogP contribution < -0.4 is 4.90 Å². The number of nitrogens with zero attached hydrogens (tertiary/aromatic N) is 5. The van der Waals surface area contributed by atoms with Crippen molar-refractivity contribution in [2.24, 2.45) is 0 Å². The molecule has 1 aromatic carbocycles. The van der Waals surface area contributed by atoms with Crippen LogP contribution in [0.1, 0.15) is 16.7 Å². The van der Waals surface area contributed by atoms with E-state index in [1.165, 1.54) is 16.5 Å². The Labute approximate surface area is 202 Å². The van der Waals surface area contributed by atoms with E-state index < -0.39 is 0 Å². The van der Waals surface area contributed by atoms with Crippen molar-refractivity contribution < 1.29 is 13.9 Å². The van der Waals surface area contributed by atoms with Crippen LogP contribution in [0.3, 0.4) is 0 Å². The summed E-state index contributed by atoms with van der Waals surface area (Å²) in [6, 6.07) is 8.23. The maximum Gasteiger partial charge on any atom is 0.246 e. The molecule has 4 heterocycles. The highest BCUT2D eigenvalue weighted by Crippen LogP contribution is 2.37. The lowest BCUT2D eigenvalue weighted by molar-refractivity contribution is -0.123. The van der Waals surface area contributed by atoms with E-state index in [1.807, 2.05) is 6.07 Å². The maximum atomic E-state index is 12.0. The number of morpholine rings is 1. The number of aromatic nitrogens is 3.